The van der Waals surface area contributed by atoms with E-state index in [4.69, 9.17) is 4.74 Å². The van der Waals surface area contributed by atoms with Gasteiger partial charge in [-0.25, -0.2) is 0 Å². The number of hydrogen-bond donors (Lipinski definition) is 0. The summed E-state index contributed by atoms with van der Waals surface area (Å²) in [6, 6.07) is 0. The molecule has 4 rings (SSSR count). The molecule has 0 aromatic carbocycles. The van der Waals surface area contributed by atoms with E-state index in [1.807, 2.05) is 0 Å². The van der Waals surface area contributed by atoms with Crippen molar-refractivity contribution >= 4 is 0 Å². The van der Waals surface area contributed by atoms with Crippen LogP contribution in [0.1, 0.15) is 117 Å². The highest BCUT2D eigenvalue weighted by Crippen LogP contribution is 2.56. The van der Waals surface area contributed by atoms with Crippen molar-refractivity contribution in [3.05, 3.63) is 12.2 Å². The molecule has 3 aliphatic carbocycles. The van der Waals surface area contributed by atoms with Gasteiger partial charge in [0.2, 0.25) is 0 Å². The zero-order valence-electron chi connectivity index (χ0n) is 20.8. The van der Waals surface area contributed by atoms with Gasteiger partial charge in [-0.15, -0.1) is 0 Å². The van der Waals surface area contributed by atoms with Crippen molar-refractivity contribution in [3.8, 4) is 0 Å². The predicted octanol–water partition coefficient (Wildman–Crippen LogP) is 9.17. The summed E-state index contributed by atoms with van der Waals surface area (Å²) in [6.07, 6.45) is 21.2. The highest BCUT2D eigenvalue weighted by molar-refractivity contribution is 4.99. The summed E-state index contributed by atoms with van der Waals surface area (Å²) in [5.41, 5.74) is 0. The van der Waals surface area contributed by atoms with Crippen molar-refractivity contribution < 1.29 is 13.5 Å². The van der Waals surface area contributed by atoms with Crippen LogP contribution in [0.25, 0.3) is 0 Å². The fourth-order valence-corrected chi connectivity index (χ4v) is 7.93. The van der Waals surface area contributed by atoms with Gasteiger partial charge in [0.15, 0.2) is 0 Å². The molecule has 4 aliphatic rings. The van der Waals surface area contributed by atoms with Crippen molar-refractivity contribution in [2.45, 2.75) is 129 Å². The van der Waals surface area contributed by atoms with Gasteiger partial charge in [0.1, 0.15) is 0 Å². The second kappa shape index (κ2) is 11.3. The fraction of sp³-hybridized carbons (Fsp3) is 0.931. The molecule has 4 fully saturated rings. The average Bonchev–Trinajstić information content (AvgIpc) is 2.80. The van der Waals surface area contributed by atoms with Gasteiger partial charge in [-0.2, -0.15) is 8.78 Å². The number of hydrogen-bond acceptors (Lipinski definition) is 1. The lowest BCUT2D eigenvalue weighted by molar-refractivity contribution is -0.418. The van der Waals surface area contributed by atoms with Crippen molar-refractivity contribution in [1.82, 2.24) is 0 Å². The Morgan fingerprint density at radius 2 is 1.31 bits per heavy atom. The van der Waals surface area contributed by atoms with E-state index in [0.717, 1.165) is 49.4 Å². The molecule has 0 bridgehead atoms. The molecule has 2 atom stereocenters. The lowest BCUT2D eigenvalue weighted by Crippen LogP contribution is -2.61. The molecule has 1 aliphatic heterocycles. The zero-order valence-corrected chi connectivity index (χ0v) is 20.8. The summed E-state index contributed by atoms with van der Waals surface area (Å²) in [5.74, 6) is 3.29. The number of halogens is 2. The molecule has 32 heavy (non-hydrogen) atoms. The summed E-state index contributed by atoms with van der Waals surface area (Å²) in [7, 11) is 0. The number of rotatable bonds is 8. The molecule has 1 nitrogen and oxygen atoms in total. The second-order valence-corrected chi connectivity index (χ2v) is 11.8. The monoisotopic (exact) mass is 450 g/mol. The van der Waals surface area contributed by atoms with Crippen molar-refractivity contribution in [1.29, 1.82) is 0 Å². The van der Waals surface area contributed by atoms with Crippen molar-refractivity contribution in [2.75, 3.05) is 0 Å². The van der Waals surface area contributed by atoms with Crippen LogP contribution in [0.2, 0.25) is 0 Å². The van der Waals surface area contributed by atoms with Gasteiger partial charge >= 0.3 is 6.11 Å². The molecule has 3 heteroatoms. The highest BCUT2D eigenvalue weighted by Gasteiger charge is 2.62. The van der Waals surface area contributed by atoms with Crippen LogP contribution in [0.4, 0.5) is 8.78 Å². The maximum absolute atomic E-state index is 14.6. The van der Waals surface area contributed by atoms with Crippen LogP contribution in [0.15, 0.2) is 12.2 Å². The first-order valence-electron chi connectivity index (χ1n) is 14.2. The van der Waals surface area contributed by atoms with Crippen LogP contribution < -0.4 is 0 Å². The Kier molecular flexibility index (Phi) is 8.73. The normalized spacial score (nSPS) is 42.6. The molecule has 0 spiro atoms. The molecular weight excluding hydrogens is 402 g/mol. The standard InChI is InChI=1S/C29H48F2O/c1-3-5-6-8-22-11-15-26(16-12-22)28-27(29(30,31)32-28)25-19-17-24(18-20-25)23-13-9-21(7-4-2)10-14-23/h4,7,21-28H,3,5-6,8-20H2,1-2H3/b7-4+/t21-,22?,23-,24?,25?,26?,27-,28-/m0/s1. The van der Waals surface area contributed by atoms with Gasteiger partial charge < -0.3 is 4.74 Å². The Morgan fingerprint density at radius 1 is 0.750 bits per heavy atom. The summed E-state index contributed by atoms with van der Waals surface area (Å²) >= 11 is 0. The molecule has 0 N–H and O–H groups in total. The van der Waals surface area contributed by atoms with Gasteiger partial charge in [0.05, 0.1) is 12.0 Å². The largest absolute Gasteiger partial charge is 0.361 e. The average molecular weight is 451 g/mol. The second-order valence-electron chi connectivity index (χ2n) is 11.8. The molecule has 0 aromatic rings. The minimum absolute atomic E-state index is 0.167. The van der Waals surface area contributed by atoms with Gasteiger partial charge in [0.25, 0.3) is 0 Å². The SMILES string of the molecule is C/C=C/[C@H]1CC[C@H](C2CCC([C@H]3[C@H](C4CCC(CCCCC)CC4)OC3(F)F)CC2)CC1. The first-order chi connectivity index (χ1) is 15.5. The number of unbranched alkanes of at least 4 members (excludes halogenated alkanes) is 2. The summed E-state index contributed by atoms with van der Waals surface area (Å²) < 4.78 is 34.5. The summed E-state index contributed by atoms with van der Waals surface area (Å²) in [6.45, 7) is 4.38. The van der Waals surface area contributed by atoms with E-state index in [-0.39, 0.29) is 12.0 Å². The number of ether oxygens (including phenoxy) is 1. The Morgan fingerprint density at radius 3 is 1.88 bits per heavy atom. The minimum Gasteiger partial charge on any atom is -0.316 e. The Labute approximate surface area is 196 Å². The third kappa shape index (κ3) is 5.78. The van der Waals surface area contributed by atoms with Gasteiger partial charge in [-0.1, -0.05) is 57.6 Å². The van der Waals surface area contributed by atoms with Crippen molar-refractivity contribution in [3.63, 3.8) is 0 Å². The topological polar surface area (TPSA) is 9.23 Å². The van der Waals surface area contributed by atoms with Crippen molar-refractivity contribution in [2.24, 2.45) is 41.4 Å². The van der Waals surface area contributed by atoms with Crippen LogP contribution in [-0.4, -0.2) is 12.2 Å². The number of alkyl halides is 2. The van der Waals surface area contributed by atoms with Gasteiger partial charge in [-0.05, 0) is 107 Å². The molecule has 3 saturated carbocycles. The lowest BCUT2D eigenvalue weighted by atomic mass is 9.63. The zero-order chi connectivity index (χ0) is 22.6. The third-order valence-corrected chi connectivity index (χ3v) is 9.88. The van der Waals surface area contributed by atoms with E-state index < -0.39 is 12.0 Å². The first kappa shape index (κ1) is 24.7. The van der Waals surface area contributed by atoms with Crippen LogP contribution in [-0.2, 0) is 4.74 Å². The molecule has 184 valence electrons. The van der Waals surface area contributed by atoms with Crippen LogP contribution >= 0.6 is 0 Å². The van der Waals surface area contributed by atoms with E-state index in [2.05, 4.69) is 26.0 Å². The van der Waals surface area contributed by atoms with E-state index in [9.17, 15) is 8.78 Å². The lowest BCUT2D eigenvalue weighted by Gasteiger charge is -2.53. The van der Waals surface area contributed by atoms with Gasteiger partial charge in [0, 0.05) is 0 Å². The Hall–Kier alpha value is -0.440. The number of allylic oxidation sites excluding steroid dienone is 2. The van der Waals surface area contributed by atoms with Crippen LogP contribution in [0.5, 0.6) is 0 Å². The Bertz CT molecular complexity index is 578. The molecule has 1 heterocycles. The van der Waals surface area contributed by atoms with E-state index in [1.165, 1.54) is 77.0 Å². The molecule has 1 saturated heterocycles. The summed E-state index contributed by atoms with van der Waals surface area (Å²) in [5, 5.41) is 0. The smallest absolute Gasteiger partial charge is 0.316 e. The molecule has 0 amide bonds. The van der Waals surface area contributed by atoms with Gasteiger partial charge in [-0.3, -0.25) is 0 Å². The minimum atomic E-state index is -2.87. The quantitative estimate of drug-likeness (QED) is 0.264. The van der Waals surface area contributed by atoms with E-state index in [1.54, 1.807) is 0 Å². The maximum atomic E-state index is 14.6. The molecule has 0 unspecified atom stereocenters. The van der Waals surface area contributed by atoms with E-state index in [0.29, 0.717) is 5.92 Å². The summed E-state index contributed by atoms with van der Waals surface area (Å²) in [4.78, 5) is 0. The third-order valence-electron chi connectivity index (χ3n) is 9.88. The molecular formula is C29H48F2O. The first-order valence-corrected chi connectivity index (χ1v) is 14.2. The predicted molar refractivity (Wildman–Crippen MR) is 129 cm³/mol. The fourth-order valence-electron chi connectivity index (χ4n) is 7.93. The Balaban J connectivity index is 1.23. The highest BCUT2D eigenvalue weighted by atomic mass is 19.3. The van der Waals surface area contributed by atoms with Crippen LogP contribution in [0.3, 0.4) is 0 Å². The molecule has 0 radical (unpaired) electrons. The van der Waals surface area contributed by atoms with Crippen LogP contribution in [0, 0.1) is 41.4 Å². The van der Waals surface area contributed by atoms with E-state index >= 15 is 0 Å². The maximum Gasteiger partial charge on any atom is 0.361 e. The molecule has 0 aromatic heterocycles.